The van der Waals surface area contributed by atoms with Crippen molar-refractivity contribution in [3.05, 3.63) is 29.3 Å². The van der Waals surface area contributed by atoms with Gasteiger partial charge in [0.1, 0.15) is 17.3 Å². The van der Waals surface area contributed by atoms with Crippen LogP contribution in [0.25, 0.3) is 0 Å². The summed E-state index contributed by atoms with van der Waals surface area (Å²) in [6.07, 6.45) is 1.00. The van der Waals surface area contributed by atoms with Crippen LogP contribution in [0.5, 0.6) is 0 Å². The van der Waals surface area contributed by atoms with Crippen molar-refractivity contribution in [2.45, 2.75) is 32.9 Å². The summed E-state index contributed by atoms with van der Waals surface area (Å²) in [4.78, 5) is 4.02. The molecule has 0 aromatic heterocycles. The van der Waals surface area contributed by atoms with Crippen molar-refractivity contribution in [3.8, 4) is 0 Å². The van der Waals surface area contributed by atoms with E-state index in [9.17, 15) is 8.78 Å². The molecule has 21 heavy (non-hydrogen) atoms. The Morgan fingerprint density at radius 2 is 1.90 bits per heavy atom. The molecule has 1 heterocycles. The van der Waals surface area contributed by atoms with Crippen LogP contribution in [0, 0.1) is 11.6 Å². The molecule has 0 aliphatic carbocycles. The molecule has 1 aromatic carbocycles. The first-order chi connectivity index (χ1) is 10.0. The molecule has 1 fully saturated rings. The second-order valence-electron chi connectivity index (χ2n) is 5.86. The lowest BCUT2D eigenvalue weighted by Gasteiger charge is -2.39. The number of nitrogens with one attached hydrogen (secondary N) is 1. The molecule has 3 nitrogen and oxygen atoms in total. The average Bonchev–Trinajstić information content (AvgIpc) is 2.42. The summed E-state index contributed by atoms with van der Waals surface area (Å²) in [5.41, 5.74) is 0.776. The Hall–Kier alpha value is -1.20. The highest BCUT2D eigenvalue weighted by molar-refractivity contribution is 5.51. The molecule has 1 aromatic rings. The number of anilines is 1. The Bertz CT molecular complexity index is 456. The molecule has 1 aliphatic rings. The summed E-state index contributed by atoms with van der Waals surface area (Å²) < 4.78 is 28.6. The lowest BCUT2D eigenvalue weighted by atomic mass is 10.1. The molecule has 0 radical (unpaired) electrons. The van der Waals surface area contributed by atoms with E-state index in [2.05, 4.69) is 24.1 Å². The zero-order valence-electron chi connectivity index (χ0n) is 13.1. The van der Waals surface area contributed by atoms with E-state index in [0.29, 0.717) is 31.2 Å². The average molecular weight is 297 g/mol. The maximum absolute atomic E-state index is 14.3. The predicted molar refractivity (Wildman–Crippen MR) is 82.7 cm³/mol. The summed E-state index contributed by atoms with van der Waals surface area (Å²) in [6.45, 7) is 7.61. The highest BCUT2D eigenvalue weighted by atomic mass is 19.1. The van der Waals surface area contributed by atoms with Crippen molar-refractivity contribution in [1.82, 2.24) is 10.2 Å². The van der Waals surface area contributed by atoms with Gasteiger partial charge >= 0.3 is 0 Å². The summed E-state index contributed by atoms with van der Waals surface area (Å²) in [5.74, 6) is -0.917. The largest absolute Gasteiger partial charge is 0.364 e. The second kappa shape index (κ2) is 7.18. The van der Waals surface area contributed by atoms with Gasteiger partial charge in [-0.25, -0.2) is 8.78 Å². The molecule has 1 atom stereocenters. The normalized spacial score (nSPS) is 20.0. The molecule has 2 rings (SSSR count). The van der Waals surface area contributed by atoms with Crippen molar-refractivity contribution in [2.75, 3.05) is 38.1 Å². The third kappa shape index (κ3) is 3.92. The number of rotatable bonds is 5. The summed E-state index contributed by atoms with van der Waals surface area (Å²) in [7, 11) is 2.04. The Kier molecular flexibility index (Phi) is 5.53. The van der Waals surface area contributed by atoms with E-state index in [1.807, 2.05) is 11.9 Å². The second-order valence-corrected chi connectivity index (χ2v) is 5.86. The molecule has 1 unspecified atom stereocenters. The molecule has 118 valence electrons. The van der Waals surface area contributed by atoms with Crippen LogP contribution in [0.15, 0.2) is 12.1 Å². The van der Waals surface area contributed by atoms with Gasteiger partial charge in [0.05, 0.1) is 0 Å². The quantitative estimate of drug-likeness (QED) is 0.843. The van der Waals surface area contributed by atoms with Crippen molar-refractivity contribution >= 4 is 5.69 Å². The van der Waals surface area contributed by atoms with E-state index in [-0.39, 0.29) is 5.69 Å². The van der Waals surface area contributed by atoms with Crippen LogP contribution in [0.3, 0.4) is 0 Å². The molecule has 0 amide bonds. The topological polar surface area (TPSA) is 18.5 Å². The van der Waals surface area contributed by atoms with Crippen LogP contribution in [0.4, 0.5) is 14.5 Å². The van der Waals surface area contributed by atoms with Gasteiger partial charge in [-0.15, -0.1) is 0 Å². The van der Waals surface area contributed by atoms with E-state index in [4.69, 9.17) is 0 Å². The third-order valence-corrected chi connectivity index (χ3v) is 4.11. The van der Waals surface area contributed by atoms with Crippen LogP contribution in [-0.4, -0.2) is 44.2 Å². The number of nitrogens with zero attached hydrogens (tertiary/aromatic N) is 2. The van der Waals surface area contributed by atoms with E-state index in [0.717, 1.165) is 19.5 Å². The smallest absolute Gasteiger partial charge is 0.149 e. The molecule has 0 bridgehead atoms. The molecule has 0 saturated carbocycles. The number of likely N-dealkylation sites (N-methyl/N-ethyl adjacent to an activating group) is 1. The van der Waals surface area contributed by atoms with Crippen molar-refractivity contribution in [2.24, 2.45) is 0 Å². The number of hydrogen-bond donors (Lipinski definition) is 1. The minimum absolute atomic E-state index is 0.120. The highest BCUT2D eigenvalue weighted by Gasteiger charge is 2.25. The molecule has 0 spiro atoms. The first-order valence-corrected chi connectivity index (χ1v) is 7.66. The SMILES string of the molecule is CCCNCc1cc(F)c(N2CCN(C)C(C)C2)c(F)c1. The number of piperazine rings is 1. The van der Waals surface area contributed by atoms with Crippen LogP contribution < -0.4 is 10.2 Å². The van der Waals surface area contributed by atoms with Crippen LogP contribution >= 0.6 is 0 Å². The molecule has 5 heteroatoms. The van der Waals surface area contributed by atoms with Crippen molar-refractivity contribution < 1.29 is 8.78 Å². The summed E-state index contributed by atoms with van der Waals surface area (Å²) >= 11 is 0. The van der Waals surface area contributed by atoms with E-state index in [1.165, 1.54) is 12.1 Å². The molecule has 1 saturated heterocycles. The van der Waals surface area contributed by atoms with Crippen LogP contribution in [-0.2, 0) is 6.54 Å². The fourth-order valence-electron chi connectivity index (χ4n) is 2.68. The van der Waals surface area contributed by atoms with Gasteiger partial charge in [0.2, 0.25) is 0 Å². The van der Waals surface area contributed by atoms with Gasteiger partial charge in [-0.1, -0.05) is 6.92 Å². The first-order valence-electron chi connectivity index (χ1n) is 7.66. The van der Waals surface area contributed by atoms with Crippen molar-refractivity contribution in [3.63, 3.8) is 0 Å². The predicted octanol–water partition coefficient (Wildman–Crippen LogP) is 2.60. The number of halogens is 2. The fourth-order valence-corrected chi connectivity index (χ4v) is 2.68. The zero-order valence-corrected chi connectivity index (χ0v) is 13.1. The van der Waals surface area contributed by atoms with Gasteiger partial charge in [0.25, 0.3) is 0 Å². The lowest BCUT2D eigenvalue weighted by Crippen LogP contribution is -2.50. The van der Waals surface area contributed by atoms with Gasteiger partial charge < -0.3 is 15.1 Å². The minimum Gasteiger partial charge on any atom is -0.364 e. The molecular weight excluding hydrogens is 272 g/mol. The van der Waals surface area contributed by atoms with Gasteiger partial charge in [-0.2, -0.15) is 0 Å². The maximum Gasteiger partial charge on any atom is 0.149 e. The standard InChI is InChI=1S/C16H25F2N3/c1-4-5-19-10-13-8-14(17)16(15(18)9-13)21-7-6-20(3)12(2)11-21/h8-9,12,19H,4-7,10-11H2,1-3H3. The number of hydrogen-bond acceptors (Lipinski definition) is 3. The lowest BCUT2D eigenvalue weighted by molar-refractivity contribution is 0.232. The highest BCUT2D eigenvalue weighted by Crippen LogP contribution is 2.27. The van der Waals surface area contributed by atoms with E-state index >= 15 is 0 Å². The van der Waals surface area contributed by atoms with E-state index in [1.54, 1.807) is 0 Å². The Balaban J connectivity index is 2.13. The Morgan fingerprint density at radius 1 is 1.24 bits per heavy atom. The zero-order chi connectivity index (χ0) is 15.4. The molecule has 1 aliphatic heterocycles. The summed E-state index contributed by atoms with van der Waals surface area (Å²) in [6, 6.07) is 3.19. The van der Waals surface area contributed by atoms with Crippen LogP contribution in [0.2, 0.25) is 0 Å². The maximum atomic E-state index is 14.3. The van der Waals surface area contributed by atoms with Crippen LogP contribution in [0.1, 0.15) is 25.8 Å². The molecule has 1 N–H and O–H groups in total. The fraction of sp³-hybridized carbons (Fsp3) is 0.625. The Labute approximate surface area is 125 Å². The van der Waals surface area contributed by atoms with E-state index < -0.39 is 11.6 Å². The summed E-state index contributed by atoms with van der Waals surface area (Å²) in [5, 5.41) is 3.16. The molecular formula is C16H25F2N3. The van der Waals surface area contributed by atoms with Gasteiger partial charge in [-0.3, -0.25) is 0 Å². The monoisotopic (exact) mass is 297 g/mol. The minimum atomic E-state index is -0.458. The third-order valence-electron chi connectivity index (χ3n) is 4.11. The Morgan fingerprint density at radius 3 is 2.48 bits per heavy atom. The van der Waals surface area contributed by atoms with Crippen molar-refractivity contribution in [1.29, 1.82) is 0 Å². The van der Waals surface area contributed by atoms with Gasteiger partial charge in [0.15, 0.2) is 0 Å². The van der Waals surface area contributed by atoms with Gasteiger partial charge in [0, 0.05) is 32.2 Å². The first kappa shape index (κ1) is 16.2. The number of benzene rings is 1. The van der Waals surface area contributed by atoms with Gasteiger partial charge in [-0.05, 0) is 44.6 Å².